The molecular weight excluding hydrogens is 282 g/mol. The standard InChI is InChI=1S/C12H15N3O2S2/c1-9-4-7-12(18-9)19(16,17)14-10-5-6-11(13-8-10)15(2)3/h4-8,14H,1-3H3. The summed E-state index contributed by atoms with van der Waals surface area (Å²) in [5, 5.41) is 0. The van der Waals surface area contributed by atoms with Crippen molar-refractivity contribution in [2.75, 3.05) is 23.7 Å². The van der Waals surface area contributed by atoms with Crippen LogP contribution in [-0.4, -0.2) is 27.5 Å². The van der Waals surface area contributed by atoms with Gasteiger partial charge >= 0.3 is 0 Å². The first kappa shape index (κ1) is 13.8. The number of hydrogen-bond donors (Lipinski definition) is 1. The van der Waals surface area contributed by atoms with Crippen LogP contribution >= 0.6 is 11.3 Å². The lowest BCUT2D eigenvalue weighted by molar-refractivity contribution is 0.603. The molecule has 7 heteroatoms. The Morgan fingerprint density at radius 1 is 1.21 bits per heavy atom. The molecule has 0 atom stereocenters. The quantitative estimate of drug-likeness (QED) is 0.940. The maximum Gasteiger partial charge on any atom is 0.271 e. The molecule has 1 N–H and O–H groups in total. The first-order valence-electron chi connectivity index (χ1n) is 5.61. The average Bonchev–Trinajstić information content (AvgIpc) is 2.77. The number of aryl methyl sites for hydroxylation is 1. The number of aromatic nitrogens is 1. The molecule has 2 aromatic heterocycles. The minimum atomic E-state index is -3.51. The highest BCUT2D eigenvalue weighted by molar-refractivity contribution is 7.94. The van der Waals surface area contributed by atoms with E-state index in [1.807, 2.05) is 25.9 Å². The minimum Gasteiger partial charge on any atom is -0.363 e. The average molecular weight is 297 g/mol. The Balaban J connectivity index is 2.21. The van der Waals surface area contributed by atoms with E-state index in [-0.39, 0.29) is 0 Å². The van der Waals surface area contributed by atoms with Crippen molar-refractivity contribution in [2.45, 2.75) is 11.1 Å². The van der Waals surface area contributed by atoms with Crippen molar-refractivity contribution in [2.24, 2.45) is 0 Å². The van der Waals surface area contributed by atoms with Crippen LogP contribution in [0.3, 0.4) is 0 Å². The number of hydrogen-bond acceptors (Lipinski definition) is 5. The lowest BCUT2D eigenvalue weighted by Crippen LogP contribution is -2.13. The van der Waals surface area contributed by atoms with E-state index in [0.717, 1.165) is 10.7 Å². The third-order valence-corrected chi connectivity index (χ3v) is 5.31. The Bertz CT molecular complexity index is 661. The SMILES string of the molecule is Cc1ccc(S(=O)(=O)Nc2ccc(N(C)C)nc2)s1. The third-order valence-electron chi connectivity index (χ3n) is 2.44. The highest BCUT2D eigenvalue weighted by Crippen LogP contribution is 2.23. The van der Waals surface area contributed by atoms with Crippen molar-refractivity contribution >= 4 is 32.9 Å². The molecule has 0 saturated heterocycles. The van der Waals surface area contributed by atoms with E-state index in [1.54, 1.807) is 24.3 Å². The monoisotopic (exact) mass is 297 g/mol. The van der Waals surface area contributed by atoms with Gasteiger partial charge in [0, 0.05) is 19.0 Å². The summed E-state index contributed by atoms with van der Waals surface area (Å²) in [6, 6.07) is 6.84. The van der Waals surface area contributed by atoms with E-state index < -0.39 is 10.0 Å². The van der Waals surface area contributed by atoms with Gasteiger partial charge in [0.1, 0.15) is 10.0 Å². The van der Waals surface area contributed by atoms with E-state index in [0.29, 0.717) is 9.90 Å². The molecule has 2 aromatic rings. The summed E-state index contributed by atoms with van der Waals surface area (Å²) in [4.78, 5) is 6.97. The smallest absolute Gasteiger partial charge is 0.271 e. The zero-order chi connectivity index (χ0) is 14.0. The van der Waals surface area contributed by atoms with Gasteiger partial charge in [-0.15, -0.1) is 11.3 Å². The molecule has 0 aliphatic carbocycles. The second kappa shape index (κ2) is 5.18. The van der Waals surface area contributed by atoms with Crippen molar-refractivity contribution in [1.29, 1.82) is 0 Å². The number of nitrogens with zero attached hydrogens (tertiary/aromatic N) is 2. The normalized spacial score (nSPS) is 11.3. The lowest BCUT2D eigenvalue weighted by Gasteiger charge is -2.11. The summed E-state index contributed by atoms with van der Waals surface area (Å²) in [5.74, 6) is 0.773. The van der Waals surface area contributed by atoms with Gasteiger partial charge in [-0.05, 0) is 31.2 Å². The van der Waals surface area contributed by atoms with Crippen LogP contribution in [0.1, 0.15) is 4.88 Å². The summed E-state index contributed by atoms with van der Waals surface area (Å²) in [7, 11) is 0.241. The number of sulfonamides is 1. The topological polar surface area (TPSA) is 62.3 Å². The molecule has 0 bridgehead atoms. The predicted molar refractivity (Wildman–Crippen MR) is 78.4 cm³/mol. The molecule has 19 heavy (non-hydrogen) atoms. The van der Waals surface area contributed by atoms with Crippen LogP contribution in [0.15, 0.2) is 34.7 Å². The second-order valence-electron chi connectivity index (χ2n) is 4.27. The van der Waals surface area contributed by atoms with Crippen molar-refractivity contribution in [1.82, 2.24) is 4.98 Å². The largest absolute Gasteiger partial charge is 0.363 e. The molecule has 0 aromatic carbocycles. The maximum atomic E-state index is 12.1. The number of nitrogens with one attached hydrogen (secondary N) is 1. The molecule has 0 fully saturated rings. The van der Waals surface area contributed by atoms with Gasteiger partial charge in [-0.2, -0.15) is 0 Å². The molecule has 0 radical (unpaired) electrons. The van der Waals surface area contributed by atoms with E-state index in [2.05, 4.69) is 9.71 Å². The Kier molecular flexibility index (Phi) is 3.77. The van der Waals surface area contributed by atoms with Crippen LogP contribution in [0.2, 0.25) is 0 Å². The molecule has 2 heterocycles. The molecule has 0 amide bonds. The van der Waals surface area contributed by atoms with E-state index in [4.69, 9.17) is 0 Å². The molecule has 2 rings (SSSR count). The Morgan fingerprint density at radius 2 is 1.95 bits per heavy atom. The molecular formula is C12H15N3O2S2. The first-order chi connectivity index (χ1) is 8.88. The van der Waals surface area contributed by atoms with Gasteiger partial charge in [-0.1, -0.05) is 0 Å². The van der Waals surface area contributed by atoms with Crippen molar-refractivity contribution in [3.8, 4) is 0 Å². The van der Waals surface area contributed by atoms with Crippen molar-refractivity contribution in [3.63, 3.8) is 0 Å². The third kappa shape index (κ3) is 3.24. The maximum absolute atomic E-state index is 12.1. The summed E-state index contributed by atoms with van der Waals surface area (Å²) in [6.07, 6.45) is 1.51. The van der Waals surface area contributed by atoms with Gasteiger partial charge in [0.25, 0.3) is 10.0 Å². The van der Waals surface area contributed by atoms with Crippen LogP contribution in [0, 0.1) is 6.92 Å². The van der Waals surface area contributed by atoms with Crippen LogP contribution < -0.4 is 9.62 Å². The molecule has 0 unspecified atom stereocenters. The summed E-state index contributed by atoms with van der Waals surface area (Å²) < 4.78 is 27.0. The first-order valence-corrected chi connectivity index (χ1v) is 7.91. The number of pyridine rings is 1. The highest BCUT2D eigenvalue weighted by Gasteiger charge is 2.16. The van der Waals surface area contributed by atoms with Gasteiger partial charge < -0.3 is 4.90 Å². The van der Waals surface area contributed by atoms with Crippen LogP contribution in [0.25, 0.3) is 0 Å². The predicted octanol–water partition coefficient (Wildman–Crippen LogP) is 2.32. The number of rotatable bonds is 4. The Morgan fingerprint density at radius 3 is 2.42 bits per heavy atom. The molecule has 0 aliphatic rings. The van der Waals surface area contributed by atoms with Crippen LogP contribution in [0.5, 0.6) is 0 Å². The van der Waals surface area contributed by atoms with Gasteiger partial charge in [0.05, 0.1) is 11.9 Å². The summed E-state index contributed by atoms with van der Waals surface area (Å²) in [6.45, 7) is 1.87. The van der Waals surface area contributed by atoms with Crippen molar-refractivity contribution < 1.29 is 8.42 Å². The zero-order valence-corrected chi connectivity index (χ0v) is 12.5. The number of anilines is 2. The lowest BCUT2D eigenvalue weighted by atomic mass is 10.4. The van der Waals surface area contributed by atoms with Gasteiger partial charge in [-0.3, -0.25) is 4.72 Å². The van der Waals surface area contributed by atoms with Crippen LogP contribution in [0.4, 0.5) is 11.5 Å². The molecule has 5 nitrogen and oxygen atoms in total. The number of thiophene rings is 1. The van der Waals surface area contributed by atoms with Gasteiger partial charge in [0.2, 0.25) is 0 Å². The zero-order valence-electron chi connectivity index (χ0n) is 10.9. The highest BCUT2D eigenvalue weighted by atomic mass is 32.2. The second-order valence-corrected chi connectivity index (χ2v) is 7.47. The Hall–Kier alpha value is -1.60. The molecule has 102 valence electrons. The van der Waals surface area contributed by atoms with Gasteiger partial charge in [0.15, 0.2) is 0 Å². The minimum absolute atomic E-state index is 0.307. The van der Waals surface area contributed by atoms with Crippen molar-refractivity contribution in [3.05, 3.63) is 35.3 Å². The Labute approximate surface area is 117 Å². The molecule has 0 aliphatic heterocycles. The fourth-order valence-electron chi connectivity index (χ4n) is 1.47. The van der Waals surface area contributed by atoms with E-state index in [1.165, 1.54) is 17.5 Å². The molecule has 0 spiro atoms. The van der Waals surface area contributed by atoms with E-state index >= 15 is 0 Å². The fourth-order valence-corrected chi connectivity index (χ4v) is 3.80. The summed E-state index contributed by atoms with van der Waals surface area (Å²) >= 11 is 1.24. The van der Waals surface area contributed by atoms with Gasteiger partial charge in [-0.25, -0.2) is 13.4 Å². The van der Waals surface area contributed by atoms with Crippen LogP contribution in [-0.2, 0) is 10.0 Å². The van der Waals surface area contributed by atoms with E-state index in [9.17, 15) is 8.42 Å². The molecule has 0 saturated carbocycles. The fraction of sp³-hybridized carbons (Fsp3) is 0.250. The summed E-state index contributed by atoms with van der Waals surface area (Å²) in [5.41, 5.74) is 0.455.